The first-order valence-corrected chi connectivity index (χ1v) is 6.76. The highest BCUT2D eigenvalue weighted by atomic mass is 79.9. The summed E-state index contributed by atoms with van der Waals surface area (Å²) >= 11 is 3.46. The van der Waals surface area contributed by atoms with Gasteiger partial charge in [-0.1, -0.05) is 19.1 Å². The fraction of sp³-hybridized carbons (Fsp3) is 0.429. The first kappa shape index (κ1) is 14.2. The lowest BCUT2D eigenvalue weighted by atomic mass is 9.92. The largest absolute Gasteiger partial charge is 0.492 e. The van der Waals surface area contributed by atoms with E-state index in [2.05, 4.69) is 22.5 Å². The predicted octanol–water partition coefficient (Wildman–Crippen LogP) is 3.43. The summed E-state index contributed by atoms with van der Waals surface area (Å²) in [6, 6.07) is 1.78. The van der Waals surface area contributed by atoms with Crippen molar-refractivity contribution in [2.45, 2.75) is 20.0 Å². The third-order valence-corrected chi connectivity index (χ3v) is 4.18. The van der Waals surface area contributed by atoms with Crippen LogP contribution in [0.5, 0.6) is 17.2 Å². The monoisotopic (exact) mass is 328 g/mol. The van der Waals surface area contributed by atoms with E-state index in [9.17, 15) is 5.11 Å². The summed E-state index contributed by atoms with van der Waals surface area (Å²) in [4.78, 5) is 0. The topological polar surface area (TPSA) is 47.9 Å². The van der Waals surface area contributed by atoms with E-state index in [1.165, 1.54) is 0 Å². The van der Waals surface area contributed by atoms with Crippen molar-refractivity contribution in [3.63, 3.8) is 0 Å². The van der Waals surface area contributed by atoms with E-state index in [1.54, 1.807) is 13.2 Å². The number of benzene rings is 1. The van der Waals surface area contributed by atoms with E-state index in [0.717, 1.165) is 5.57 Å². The first-order chi connectivity index (χ1) is 8.97. The van der Waals surface area contributed by atoms with Crippen LogP contribution >= 0.6 is 15.9 Å². The van der Waals surface area contributed by atoms with Crippen molar-refractivity contribution in [3.8, 4) is 17.2 Å². The first-order valence-electron chi connectivity index (χ1n) is 5.96. The second-order valence-corrected chi connectivity index (χ2v) is 5.42. The smallest absolute Gasteiger partial charge is 0.231 e. The maximum Gasteiger partial charge on any atom is 0.231 e. The van der Waals surface area contributed by atoms with Crippen LogP contribution in [0.3, 0.4) is 0 Å². The molecular formula is C14H17BrO4. The Bertz CT molecular complexity index is 513. The van der Waals surface area contributed by atoms with Gasteiger partial charge in [0.15, 0.2) is 11.5 Å². The van der Waals surface area contributed by atoms with Gasteiger partial charge in [-0.15, -0.1) is 0 Å². The van der Waals surface area contributed by atoms with Crippen molar-refractivity contribution in [1.82, 2.24) is 0 Å². The van der Waals surface area contributed by atoms with Gasteiger partial charge in [-0.3, -0.25) is 0 Å². The molecule has 0 saturated carbocycles. The zero-order valence-corrected chi connectivity index (χ0v) is 12.8. The summed E-state index contributed by atoms with van der Waals surface area (Å²) in [5.41, 5.74) is 1.62. The Kier molecular flexibility index (Phi) is 4.06. The number of hydrogen-bond donors (Lipinski definition) is 1. The molecule has 0 aliphatic carbocycles. The summed E-state index contributed by atoms with van der Waals surface area (Å²) in [5, 5.41) is 10.4. The summed E-state index contributed by atoms with van der Waals surface area (Å²) < 4.78 is 16.8. The van der Waals surface area contributed by atoms with Crippen LogP contribution in [0.15, 0.2) is 22.7 Å². The molecule has 1 aliphatic rings. The average molecular weight is 329 g/mol. The zero-order chi connectivity index (χ0) is 14.2. The summed E-state index contributed by atoms with van der Waals surface area (Å²) in [6.07, 6.45) is -0.685. The van der Waals surface area contributed by atoms with Gasteiger partial charge in [0.1, 0.15) is 0 Å². The van der Waals surface area contributed by atoms with Gasteiger partial charge in [0.05, 0.1) is 17.7 Å². The Morgan fingerprint density at radius 2 is 2.21 bits per heavy atom. The second kappa shape index (κ2) is 5.43. The van der Waals surface area contributed by atoms with Gasteiger partial charge >= 0.3 is 0 Å². The highest BCUT2D eigenvalue weighted by Crippen LogP contribution is 2.49. The van der Waals surface area contributed by atoms with E-state index in [1.807, 2.05) is 13.8 Å². The Balaban J connectivity index is 2.50. The Hall–Kier alpha value is -1.20. The van der Waals surface area contributed by atoms with E-state index in [4.69, 9.17) is 14.2 Å². The van der Waals surface area contributed by atoms with Crippen molar-refractivity contribution < 1.29 is 19.3 Å². The zero-order valence-electron chi connectivity index (χ0n) is 11.2. The molecule has 5 heteroatoms. The van der Waals surface area contributed by atoms with Crippen LogP contribution < -0.4 is 14.2 Å². The van der Waals surface area contributed by atoms with Gasteiger partial charge < -0.3 is 19.3 Å². The van der Waals surface area contributed by atoms with Gasteiger partial charge in [0, 0.05) is 11.5 Å². The van der Waals surface area contributed by atoms with Gasteiger partial charge in [0.25, 0.3) is 0 Å². The molecular weight excluding hydrogens is 312 g/mol. The lowest BCUT2D eigenvalue weighted by molar-refractivity contribution is 0.133. The minimum absolute atomic E-state index is 0.0682. The minimum atomic E-state index is -0.685. The molecule has 0 saturated heterocycles. The quantitative estimate of drug-likeness (QED) is 0.860. The van der Waals surface area contributed by atoms with Crippen LogP contribution in [-0.2, 0) is 0 Å². The summed E-state index contributed by atoms with van der Waals surface area (Å²) in [5.74, 6) is 1.62. The molecule has 1 aromatic rings. The number of ether oxygens (including phenoxy) is 3. The number of hydrogen-bond acceptors (Lipinski definition) is 4. The third-order valence-electron chi connectivity index (χ3n) is 3.36. The maximum atomic E-state index is 10.4. The number of aliphatic hydroxyl groups is 1. The Morgan fingerprint density at radius 1 is 1.53 bits per heavy atom. The van der Waals surface area contributed by atoms with Crippen LogP contribution in [0.25, 0.3) is 0 Å². The van der Waals surface area contributed by atoms with Crippen LogP contribution in [0.2, 0.25) is 0 Å². The Morgan fingerprint density at radius 3 is 2.79 bits per heavy atom. The van der Waals surface area contributed by atoms with Crippen LogP contribution in [0.4, 0.5) is 0 Å². The molecule has 0 bridgehead atoms. The molecule has 4 nitrogen and oxygen atoms in total. The molecule has 0 spiro atoms. The minimum Gasteiger partial charge on any atom is -0.492 e. The van der Waals surface area contributed by atoms with Crippen molar-refractivity contribution >= 4 is 15.9 Å². The van der Waals surface area contributed by atoms with Crippen LogP contribution in [-0.4, -0.2) is 19.0 Å². The van der Waals surface area contributed by atoms with E-state index in [-0.39, 0.29) is 12.7 Å². The van der Waals surface area contributed by atoms with Gasteiger partial charge in [0.2, 0.25) is 12.5 Å². The molecule has 2 atom stereocenters. The van der Waals surface area contributed by atoms with E-state index in [0.29, 0.717) is 27.3 Å². The van der Waals surface area contributed by atoms with Gasteiger partial charge in [-0.2, -0.15) is 0 Å². The molecule has 0 radical (unpaired) electrons. The molecule has 1 aromatic carbocycles. The number of fused-ring (bicyclic) bond motifs is 1. The van der Waals surface area contributed by atoms with E-state index >= 15 is 0 Å². The van der Waals surface area contributed by atoms with Crippen LogP contribution in [0, 0.1) is 5.92 Å². The highest BCUT2D eigenvalue weighted by molar-refractivity contribution is 9.10. The average Bonchev–Trinajstić information content (AvgIpc) is 2.84. The summed E-state index contributed by atoms with van der Waals surface area (Å²) in [7, 11) is 1.56. The highest BCUT2D eigenvalue weighted by Gasteiger charge is 2.28. The number of halogens is 1. The predicted molar refractivity (Wildman–Crippen MR) is 75.8 cm³/mol. The van der Waals surface area contributed by atoms with Gasteiger partial charge in [-0.25, -0.2) is 0 Å². The Labute approximate surface area is 121 Å². The fourth-order valence-electron chi connectivity index (χ4n) is 1.94. The molecule has 0 amide bonds. The van der Waals surface area contributed by atoms with Crippen molar-refractivity contribution in [2.24, 2.45) is 5.92 Å². The van der Waals surface area contributed by atoms with Crippen molar-refractivity contribution in [3.05, 3.63) is 28.3 Å². The van der Waals surface area contributed by atoms with Crippen LogP contribution in [0.1, 0.15) is 25.5 Å². The van der Waals surface area contributed by atoms with Crippen molar-refractivity contribution in [2.75, 3.05) is 13.9 Å². The fourth-order valence-corrected chi connectivity index (χ4v) is 2.64. The molecule has 104 valence electrons. The lowest BCUT2D eigenvalue weighted by Gasteiger charge is -2.22. The standard InChI is InChI=1S/C14H17BrO4/c1-7(2)8(3)12(16)9-5-10-13(19-6-18-10)14(17-4)11(9)15/h5,8,12,16H,1,6H2,2-4H3/t8-,12+/m0/s1. The van der Waals surface area contributed by atoms with Gasteiger partial charge in [-0.05, 0) is 28.9 Å². The second-order valence-electron chi connectivity index (χ2n) is 4.63. The molecule has 1 aliphatic heterocycles. The van der Waals surface area contributed by atoms with Crippen molar-refractivity contribution in [1.29, 1.82) is 0 Å². The SMILES string of the molecule is C=C(C)[C@H](C)[C@@H](O)c1cc2c(c(OC)c1Br)OCO2. The third kappa shape index (κ3) is 2.44. The lowest BCUT2D eigenvalue weighted by Crippen LogP contribution is -2.11. The number of rotatable bonds is 4. The normalized spacial score (nSPS) is 16.1. The molecule has 0 aromatic heterocycles. The molecule has 0 fully saturated rings. The molecule has 1 N–H and O–H groups in total. The molecule has 2 rings (SSSR count). The molecule has 19 heavy (non-hydrogen) atoms. The molecule has 1 heterocycles. The maximum absolute atomic E-state index is 10.4. The van der Waals surface area contributed by atoms with E-state index < -0.39 is 6.10 Å². The number of aliphatic hydroxyl groups excluding tert-OH is 1. The number of methoxy groups -OCH3 is 1. The summed E-state index contributed by atoms with van der Waals surface area (Å²) in [6.45, 7) is 7.87. The molecule has 0 unspecified atom stereocenters.